The summed E-state index contributed by atoms with van der Waals surface area (Å²) in [5, 5.41) is 2.63. The molecular formula is C19H22N2O4S. The van der Waals surface area contributed by atoms with Crippen molar-refractivity contribution < 1.29 is 17.9 Å². The molecule has 0 spiro atoms. The second kappa shape index (κ2) is 7.37. The number of nitrogens with one attached hydrogen (secondary N) is 2. The quantitative estimate of drug-likeness (QED) is 0.841. The van der Waals surface area contributed by atoms with Crippen LogP contribution in [-0.2, 0) is 27.7 Å². The van der Waals surface area contributed by atoms with Gasteiger partial charge in [0.15, 0.2) is 0 Å². The van der Waals surface area contributed by atoms with Crippen molar-refractivity contribution in [2.45, 2.75) is 37.5 Å². The molecule has 3 rings (SSSR count). The van der Waals surface area contributed by atoms with Gasteiger partial charge < -0.3 is 10.1 Å². The molecule has 0 saturated carbocycles. The lowest BCUT2D eigenvalue weighted by Crippen LogP contribution is -2.15. The van der Waals surface area contributed by atoms with Crippen LogP contribution in [0.2, 0.25) is 0 Å². The minimum absolute atomic E-state index is 0.227. The second-order valence-corrected chi connectivity index (χ2v) is 8.02. The maximum atomic E-state index is 12.8. The minimum atomic E-state index is -3.77. The predicted molar refractivity (Wildman–Crippen MR) is 101 cm³/mol. The molecule has 0 saturated heterocycles. The third kappa shape index (κ3) is 3.99. The molecule has 0 unspecified atom stereocenters. The van der Waals surface area contributed by atoms with E-state index < -0.39 is 10.0 Å². The van der Waals surface area contributed by atoms with Gasteiger partial charge in [0.2, 0.25) is 5.91 Å². The van der Waals surface area contributed by atoms with E-state index in [9.17, 15) is 13.2 Å². The van der Waals surface area contributed by atoms with Crippen molar-refractivity contribution in [2.24, 2.45) is 0 Å². The molecule has 0 bridgehead atoms. The first-order chi connectivity index (χ1) is 12.4. The van der Waals surface area contributed by atoms with E-state index in [-0.39, 0.29) is 16.5 Å². The van der Waals surface area contributed by atoms with E-state index in [1.54, 1.807) is 24.3 Å². The monoisotopic (exact) mass is 374 g/mol. The fourth-order valence-electron chi connectivity index (χ4n) is 3.15. The van der Waals surface area contributed by atoms with Crippen molar-refractivity contribution >= 4 is 27.3 Å². The Morgan fingerprint density at radius 2 is 1.77 bits per heavy atom. The van der Waals surface area contributed by atoms with E-state index in [1.165, 1.54) is 25.7 Å². The van der Waals surface area contributed by atoms with Gasteiger partial charge in [0.1, 0.15) is 5.75 Å². The van der Waals surface area contributed by atoms with Crippen LogP contribution in [0.4, 0.5) is 11.4 Å². The summed E-state index contributed by atoms with van der Waals surface area (Å²) in [5.74, 6) is 0.138. The number of fused-ring (bicyclic) bond motifs is 1. The number of benzene rings is 2. The molecule has 0 fully saturated rings. The number of carbonyl (C=O) groups is 1. The highest BCUT2D eigenvalue weighted by atomic mass is 32.2. The zero-order valence-electron chi connectivity index (χ0n) is 14.8. The number of hydrogen-bond donors (Lipinski definition) is 2. The van der Waals surface area contributed by atoms with Gasteiger partial charge in [-0.1, -0.05) is 6.07 Å². The smallest absolute Gasteiger partial charge is 0.262 e. The Labute approximate surface area is 153 Å². The van der Waals surface area contributed by atoms with Crippen molar-refractivity contribution in [1.29, 1.82) is 0 Å². The van der Waals surface area contributed by atoms with Gasteiger partial charge in [-0.2, -0.15) is 0 Å². The normalized spacial score (nSPS) is 13.6. The molecule has 1 aliphatic carbocycles. The topological polar surface area (TPSA) is 84.5 Å². The summed E-state index contributed by atoms with van der Waals surface area (Å²) in [6.45, 7) is 1.39. The number of aryl methyl sites for hydroxylation is 2. The van der Waals surface area contributed by atoms with E-state index >= 15 is 0 Å². The highest BCUT2D eigenvalue weighted by Gasteiger charge is 2.19. The fourth-order valence-corrected chi connectivity index (χ4v) is 4.26. The van der Waals surface area contributed by atoms with Gasteiger partial charge in [-0.25, -0.2) is 8.42 Å². The predicted octanol–water partition coefficient (Wildman–Crippen LogP) is 3.33. The molecule has 6 nitrogen and oxygen atoms in total. The number of ether oxygens (including phenoxy) is 1. The number of anilines is 2. The van der Waals surface area contributed by atoms with Crippen LogP contribution in [0.1, 0.15) is 30.9 Å². The van der Waals surface area contributed by atoms with E-state index in [2.05, 4.69) is 10.0 Å². The summed E-state index contributed by atoms with van der Waals surface area (Å²) < 4.78 is 33.5. The molecule has 2 aromatic carbocycles. The Balaban J connectivity index is 1.92. The molecule has 2 N–H and O–H groups in total. The average Bonchev–Trinajstić information content (AvgIpc) is 2.61. The van der Waals surface area contributed by atoms with Crippen LogP contribution in [0.3, 0.4) is 0 Å². The molecule has 0 aromatic heterocycles. The molecule has 7 heteroatoms. The highest BCUT2D eigenvalue weighted by Crippen LogP contribution is 2.31. The van der Waals surface area contributed by atoms with E-state index in [1.807, 2.05) is 6.07 Å². The first-order valence-corrected chi connectivity index (χ1v) is 9.97. The summed E-state index contributed by atoms with van der Waals surface area (Å²) in [4.78, 5) is 11.5. The van der Waals surface area contributed by atoms with Crippen molar-refractivity contribution in [2.75, 3.05) is 17.1 Å². The maximum Gasteiger partial charge on any atom is 0.262 e. The van der Waals surface area contributed by atoms with E-state index in [0.717, 1.165) is 31.2 Å². The molecule has 26 heavy (non-hydrogen) atoms. The summed E-state index contributed by atoms with van der Waals surface area (Å²) in [7, 11) is -2.30. The first kappa shape index (κ1) is 18.3. The fraction of sp³-hybridized carbons (Fsp3) is 0.316. The Kier molecular flexibility index (Phi) is 5.18. The van der Waals surface area contributed by atoms with Crippen LogP contribution in [-0.4, -0.2) is 21.4 Å². The average molecular weight is 374 g/mol. The number of amides is 1. The summed E-state index contributed by atoms with van der Waals surface area (Å²) in [6.07, 6.45) is 4.12. The Morgan fingerprint density at radius 1 is 1.04 bits per heavy atom. The standard InChI is InChI=1S/C19H22N2O4S/c1-13(22)20-16-8-10-19(25-2)18(12-16)21-26(23,24)17-9-7-14-5-3-4-6-15(14)11-17/h7-12,21H,3-6H2,1-2H3,(H,20,22). The summed E-state index contributed by atoms with van der Waals surface area (Å²) in [5.41, 5.74) is 3.08. The molecule has 1 aliphatic rings. The molecule has 0 radical (unpaired) electrons. The molecule has 0 aliphatic heterocycles. The van der Waals surface area contributed by atoms with Crippen LogP contribution in [0.25, 0.3) is 0 Å². The van der Waals surface area contributed by atoms with Crippen LogP contribution in [0.15, 0.2) is 41.3 Å². The highest BCUT2D eigenvalue weighted by molar-refractivity contribution is 7.92. The number of carbonyl (C=O) groups excluding carboxylic acids is 1. The lowest BCUT2D eigenvalue weighted by atomic mass is 9.92. The van der Waals surface area contributed by atoms with E-state index in [4.69, 9.17) is 4.74 Å². The zero-order valence-corrected chi connectivity index (χ0v) is 15.7. The molecule has 0 atom stereocenters. The van der Waals surface area contributed by atoms with Crippen molar-refractivity contribution in [3.05, 3.63) is 47.5 Å². The Morgan fingerprint density at radius 3 is 2.46 bits per heavy atom. The van der Waals surface area contributed by atoms with Gasteiger partial charge in [0.25, 0.3) is 10.0 Å². The van der Waals surface area contributed by atoms with Gasteiger partial charge in [-0.3, -0.25) is 9.52 Å². The van der Waals surface area contributed by atoms with Gasteiger partial charge in [-0.05, 0) is 67.1 Å². The third-order valence-electron chi connectivity index (χ3n) is 4.39. The molecule has 1 amide bonds. The van der Waals surface area contributed by atoms with Gasteiger partial charge >= 0.3 is 0 Å². The zero-order chi connectivity index (χ0) is 18.7. The van der Waals surface area contributed by atoms with Crippen molar-refractivity contribution in [3.8, 4) is 5.75 Å². The molecule has 2 aromatic rings. The van der Waals surface area contributed by atoms with Crippen LogP contribution < -0.4 is 14.8 Å². The van der Waals surface area contributed by atoms with Crippen LogP contribution in [0.5, 0.6) is 5.75 Å². The van der Waals surface area contributed by atoms with Crippen LogP contribution >= 0.6 is 0 Å². The molecule has 138 valence electrons. The number of rotatable bonds is 5. The maximum absolute atomic E-state index is 12.8. The number of sulfonamides is 1. The lowest BCUT2D eigenvalue weighted by molar-refractivity contribution is -0.114. The van der Waals surface area contributed by atoms with Gasteiger partial charge in [-0.15, -0.1) is 0 Å². The second-order valence-electron chi connectivity index (χ2n) is 6.34. The molecule has 0 heterocycles. The number of hydrogen-bond acceptors (Lipinski definition) is 4. The summed E-state index contributed by atoms with van der Waals surface area (Å²) in [6, 6.07) is 10.1. The SMILES string of the molecule is COc1ccc(NC(C)=O)cc1NS(=O)(=O)c1ccc2c(c1)CCCC2. The minimum Gasteiger partial charge on any atom is -0.495 e. The lowest BCUT2D eigenvalue weighted by Gasteiger charge is -2.18. The Bertz CT molecular complexity index is 939. The third-order valence-corrected chi connectivity index (χ3v) is 5.76. The van der Waals surface area contributed by atoms with Gasteiger partial charge in [0.05, 0.1) is 17.7 Å². The largest absolute Gasteiger partial charge is 0.495 e. The number of methoxy groups -OCH3 is 1. The molecular weight excluding hydrogens is 352 g/mol. The van der Waals surface area contributed by atoms with Crippen LogP contribution in [0, 0.1) is 0 Å². The van der Waals surface area contributed by atoms with E-state index in [0.29, 0.717) is 11.4 Å². The van der Waals surface area contributed by atoms with Gasteiger partial charge in [0, 0.05) is 12.6 Å². The summed E-state index contributed by atoms with van der Waals surface area (Å²) >= 11 is 0. The van der Waals surface area contributed by atoms with Crippen molar-refractivity contribution in [1.82, 2.24) is 0 Å². The first-order valence-electron chi connectivity index (χ1n) is 8.49. The Hall–Kier alpha value is -2.54. The van der Waals surface area contributed by atoms with Crippen molar-refractivity contribution in [3.63, 3.8) is 0 Å².